The fraction of sp³-hybridized carbons (Fsp3) is 0.235. The molecule has 2 aromatic carbocycles. The molecule has 26 heavy (non-hydrogen) atoms. The molecule has 0 saturated carbocycles. The molecule has 8 nitrogen and oxygen atoms in total. The molecule has 0 atom stereocenters. The topological polar surface area (TPSA) is 120 Å². The zero-order valence-corrected chi connectivity index (χ0v) is 15.3. The number of benzene rings is 2. The quantitative estimate of drug-likeness (QED) is 0.671. The number of primary sulfonamides is 1. The first-order valence-electron chi connectivity index (χ1n) is 7.68. The summed E-state index contributed by atoms with van der Waals surface area (Å²) >= 11 is 0. The Hall–Kier alpha value is -2.78. The van der Waals surface area contributed by atoms with Crippen LogP contribution in [0.25, 0.3) is 0 Å². The van der Waals surface area contributed by atoms with Crippen molar-refractivity contribution in [3.63, 3.8) is 0 Å². The molecule has 2 aromatic rings. The predicted octanol–water partition coefficient (Wildman–Crippen LogP) is 1.35. The largest absolute Gasteiger partial charge is 0.493 e. The SMILES string of the molecule is COc1ccc(CNC(=O)NCc2ccc(S(N)(=O)=O)cc2)cc1OC. The summed E-state index contributed by atoms with van der Waals surface area (Å²) in [6, 6.07) is 11.0. The van der Waals surface area contributed by atoms with Crippen LogP contribution in [0.15, 0.2) is 47.4 Å². The third-order valence-corrected chi connectivity index (χ3v) is 4.54. The van der Waals surface area contributed by atoms with Gasteiger partial charge in [0.05, 0.1) is 19.1 Å². The van der Waals surface area contributed by atoms with Crippen LogP contribution in [0.3, 0.4) is 0 Å². The molecule has 9 heteroatoms. The molecule has 0 heterocycles. The van der Waals surface area contributed by atoms with Crippen LogP contribution in [0.1, 0.15) is 11.1 Å². The van der Waals surface area contributed by atoms with Gasteiger partial charge in [-0.25, -0.2) is 18.4 Å². The van der Waals surface area contributed by atoms with E-state index in [1.165, 1.54) is 12.1 Å². The van der Waals surface area contributed by atoms with Gasteiger partial charge in [0.1, 0.15) is 0 Å². The molecular weight excluding hydrogens is 358 g/mol. The second kappa shape index (κ2) is 8.54. The fourth-order valence-corrected chi connectivity index (χ4v) is 2.73. The van der Waals surface area contributed by atoms with Crippen molar-refractivity contribution in [3.8, 4) is 11.5 Å². The Morgan fingerprint density at radius 2 is 1.46 bits per heavy atom. The molecule has 0 spiro atoms. The summed E-state index contributed by atoms with van der Waals surface area (Å²) in [5.41, 5.74) is 1.61. The maximum atomic E-state index is 11.9. The lowest BCUT2D eigenvalue weighted by Crippen LogP contribution is -2.34. The van der Waals surface area contributed by atoms with Gasteiger partial charge in [0.25, 0.3) is 0 Å². The van der Waals surface area contributed by atoms with E-state index in [4.69, 9.17) is 14.6 Å². The van der Waals surface area contributed by atoms with E-state index in [0.717, 1.165) is 11.1 Å². The predicted molar refractivity (Wildman–Crippen MR) is 96.4 cm³/mol. The number of hydrogen-bond acceptors (Lipinski definition) is 5. The third kappa shape index (κ3) is 5.36. The molecule has 0 bridgehead atoms. The van der Waals surface area contributed by atoms with Crippen LogP contribution in [-0.2, 0) is 23.1 Å². The molecule has 0 aliphatic heterocycles. The number of amides is 2. The van der Waals surface area contributed by atoms with E-state index in [0.29, 0.717) is 18.0 Å². The fourth-order valence-electron chi connectivity index (χ4n) is 2.21. The molecule has 140 valence electrons. The van der Waals surface area contributed by atoms with Gasteiger partial charge in [-0.1, -0.05) is 18.2 Å². The van der Waals surface area contributed by atoms with E-state index >= 15 is 0 Å². The minimum absolute atomic E-state index is 0.0270. The minimum atomic E-state index is -3.72. The van der Waals surface area contributed by atoms with Crippen LogP contribution in [0, 0.1) is 0 Å². The van der Waals surface area contributed by atoms with Gasteiger partial charge < -0.3 is 20.1 Å². The Morgan fingerprint density at radius 1 is 0.923 bits per heavy atom. The highest BCUT2D eigenvalue weighted by atomic mass is 32.2. The third-order valence-electron chi connectivity index (χ3n) is 3.61. The van der Waals surface area contributed by atoms with Crippen LogP contribution in [0.5, 0.6) is 11.5 Å². The summed E-state index contributed by atoms with van der Waals surface area (Å²) in [6.07, 6.45) is 0. The van der Waals surface area contributed by atoms with Crippen LogP contribution in [-0.4, -0.2) is 28.7 Å². The van der Waals surface area contributed by atoms with E-state index < -0.39 is 10.0 Å². The molecule has 0 unspecified atom stereocenters. The zero-order chi connectivity index (χ0) is 19.2. The Balaban J connectivity index is 1.86. The molecule has 2 amide bonds. The molecule has 4 N–H and O–H groups in total. The van der Waals surface area contributed by atoms with Crippen LogP contribution in [0.4, 0.5) is 4.79 Å². The van der Waals surface area contributed by atoms with E-state index in [1.54, 1.807) is 38.5 Å². The molecule has 0 radical (unpaired) electrons. The summed E-state index contributed by atoms with van der Waals surface area (Å²) in [4.78, 5) is 11.9. The molecule has 0 aliphatic carbocycles. The van der Waals surface area contributed by atoms with Crippen LogP contribution in [0.2, 0.25) is 0 Å². The maximum absolute atomic E-state index is 11.9. The van der Waals surface area contributed by atoms with Crippen LogP contribution >= 0.6 is 0 Å². The lowest BCUT2D eigenvalue weighted by molar-refractivity contribution is 0.240. The number of sulfonamides is 1. The molecular formula is C17H21N3O5S. The van der Waals surface area contributed by atoms with Crippen molar-refractivity contribution in [2.24, 2.45) is 5.14 Å². The van der Waals surface area contributed by atoms with Crippen LogP contribution < -0.4 is 25.2 Å². The Kier molecular flexibility index (Phi) is 6.42. The van der Waals surface area contributed by atoms with Gasteiger partial charge >= 0.3 is 6.03 Å². The summed E-state index contributed by atoms with van der Waals surface area (Å²) in [5.74, 6) is 1.20. The second-order valence-electron chi connectivity index (χ2n) is 5.41. The number of nitrogens with two attached hydrogens (primary N) is 1. The minimum Gasteiger partial charge on any atom is -0.493 e. The molecule has 0 fully saturated rings. The normalized spacial score (nSPS) is 10.9. The number of urea groups is 1. The summed E-state index contributed by atoms with van der Waals surface area (Å²) in [6.45, 7) is 0.569. The molecule has 0 saturated heterocycles. The number of carbonyl (C=O) groups excluding carboxylic acids is 1. The van der Waals surface area contributed by atoms with Gasteiger partial charge in [0.2, 0.25) is 10.0 Å². The number of hydrogen-bond donors (Lipinski definition) is 3. The highest BCUT2D eigenvalue weighted by Gasteiger charge is 2.08. The Morgan fingerprint density at radius 3 is 2.00 bits per heavy atom. The highest BCUT2D eigenvalue weighted by molar-refractivity contribution is 7.89. The van der Waals surface area contributed by atoms with Crippen molar-refractivity contribution >= 4 is 16.1 Å². The molecule has 0 aromatic heterocycles. The van der Waals surface area contributed by atoms with Crippen molar-refractivity contribution in [2.75, 3.05) is 14.2 Å². The first-order valence-corrected chi connectivity index (χ1v) is 9.22. The van der Waals surface area contributed by atoms with E-state index in [2.05, 4.69) is 10.6 Å². The van der Waals surface area contributed by atoms with Gasteiger partial charge in [-0.3, -0.25) is 0 Å². The number of nitrogens with one attached hydrogen (secondary N) is 2. The summed E-state index contributed by atoms with van der Waals surface area (Å²) in [5, 5.41) is 10.5. The first kappa shape index (κ1) is 19.5. The smallest absolute Gasteiger partial charge is 0.315 e. The second-order valence-corrected chi connectivity index (χ2v) is 6.98. The average Bonchev–Trinajstić information content (AvgIpc) is 2.64. The molecule has 2 rings (SSSR count). The summed E-state index contributed by atoms with van der Waals surface area (Å²) in [7, 11) is -0.621. The average molecular weight is 379 g/mol. The van der Waals surface area contributed by atoms with Crippen molar-refractivity contribution < 1.29 is 22.7 Å². The van der Waals surface area contributed by atoms with E-state index in [1.807, 2.05) is 6.07 Å². The number of ether oxygens (including phenoxy) is 2. The van der Waals surface area contributed by atoms with Gasteiger partial charge in [-0.15, -0.1) is 0 Å². The number of rotatable bonds is 7. The first-order chi connectivity index (χ1) is 12.3. The molecule has 0 aliphatic rings. The lowest BCUT2D eigenvalue weighted by atomic mass is 10.2. The van der Waals surface area contributed by atoms with Gasteiger partial charge in [0, 0.05) is 13.1 Å². The number of carbonyl (C=O) groups is 1. The Bertz CT molecular complexity index is 866. The summed E-state index contributed by atoms with van der Waals surface area (Å²) < 4.78 is 32.8. The standard InChI is InChI=1S/C17H21N3O5S/c1-24-15-8-5-13(9-16(15)25-2)11-20-17(21)19-10-12-3-6-14(7-4-12)26(18,22)23/h3-9H,10-11H2,1-2H3,(H2,18,22,23)(H2,19,20,21). The van der Waals surface area contributed by atoms with Gasteiger partial charge in [-0.05, 0) is 35.4 Å². The highest BCUT2D eigenvalue weighted by Crippen LogP contribution is 2.27. The maximum Gasteiger partial charge on any atom is 0.315 e. The lowest BCUT2D eigenvalue weighted by Gasteiger charge is -2.11. The van der Waals surface area contributed by atoms with Crippen molar-refractivity contribution in [3.05, 3.63) is 53.6 Å². The van der Waals surface area contributed by atoms with E-state index in [-0.39, 0.29) is 17.5 Å². The monoisotopic (exact) mass is 379 g/mol. The van der Waals surface area contributed by atoms with Gasteiger partial charge in [0.15, 0.2) is 11.5 Å². The zero-order valence-electron chi connectivity index (χ0n) is 14.5. The van der Waals surface area contributed by atoms with Crippen molar-refractivity contribution in [1.82, 2.24) is 10.6 Å². The van der Waals surface area contributed by atoms with Crippen molar-refractivity contribution in [2.45, 2.75) is 18.0 Å². The van der Waals surface area contributed by atoms with Gasteiger partial charge in [-0.2, -0.15) is 0 Å². The van der Waals surface area contributed by atoms with Crippen molar-refractivity contribution in [1.29, 1.82) is 0 Å². The Labute approximate surface area is 152 Å². The van der Waals surface area contributed by atoms with E-state index in [9.17, 15) is 13.2 Å². The number of methoxy groups -OCH3 is 2.